The fourth-order valence-corrected chi connectivity index (χ4v) is 4.84. The average Bonchev–Trinajstić information content (AvgIpc) is 2.93. The van der Waals surface area contributed by atoms with Gasteiger partial charge in [-0.05, 0) is 68.7 Å². The van der Waals surface area contributed by atoms with Gasteiger partial charge in [-0.3, -0.25) is 14.4 Å². The summed E-state index contributed by atoms with van der Waals surface area (Å²) in [6, 6.07) is 8.14. The molecule has 2 N–H and O–H groups in total. The number of carbonyl (C=O) groups is 2. The third kappa shape index (κ3) is 8.18. The molecule has 3 aromatic rings. The van der Waals surface area contributed by atoms with E-state index in [1.165, 1.54) is 10.6 Å². The van der Waals surface area contributed by atoms with Gasteiger partial charge in [-0.2, -0.15) is 0 Å². The Morgan fingerprint density at radius 3 is 2.29 bits per heavy atom. The van der Waals surface area contributed by atoms with E-state index < -0.39 is 47.6 Å². The number of unbranched alkanes of at least 4 members (excludes halogenated alkanes) is 1. The first-order valence-corrected chi connectivity index (χ1v) is 14.2. The molecule has 2 atom stereocenters. The van der Waals surface area contributed by atoms with Crippen LogP contribution in [-0.4, -0.2) is 34.8 Å². The zero-order valence-corrected chi connectivity index (χ0v) is 24.4. The van der Waals surface area contributed by atoms with E-state index in [2.05, 4.69) is 5.32 Å². The van der Waals surface area contributed by atoms with Gasteiger partial charge in [0.05, 0.1) is 25.7 Å². The van der Waals surface area contributed by atoms with Gasteiger partial charge in [0.25, 0.3) is 5.56 Å². The van der Waals surface area contributed by atoms with E-state index in [-0.39, 0.29) is 17.5 Å². The van der Waals surface area contributed by atoms with Crippen molar-refractivity contribution < 1.29 is 33.0 Å². The predicted octanol–water partition coefficient (Wildman–Crippen LogP) is 5.89. The van der Waals surface area contributed by atoms with Crippen LogP contribution in [0, 0.1) is 18.6 Å². The highest BCUT2D eigenvalue weighted by atomic mass is 19.1. The standard InChI is InChI=1S/C32H38F2N2O6/c1-5-8-12-27(36-19-20(4)15-22(32(36)40)16-23-24(33)10-9-11-25(23)34)31(39)35-26(18-30(37)38)21-13-14-28(41-6-2)29(17-21)42-7-3/h9-11,13-15,17,19,26-27H,5-8,12,16,18H2,1-4H3,(H,35,39)(H,37,38)/t26-,27+/m0/s1. The van der Waals surface area contributed by atoms with Crippen LogP contribution in [0.1, 0.15) is 80.8 Å². The van der Waals surface area contributed by atoms with E-state index in [0.717, 1.165) is 18.6 Å². The molecule has 0 saturated heterocycles. The van der Waals surface area contributed by atoms with Gasteiger partial charge in [0.2, 0.25) is 5.91 Å². The summed E-state index contributed by atoms with van der Waals surface area (Å²) in [6.45, 7) is 8.08. The van der Waals surface area contributed by atoms with Crippen LogP contribution < -0.4 is 20.3 Å². The van der Waals surface area contributed by atoms with Gasteiger partial charge in [-0.15, -0.1) is 0 Å². The van der Waals surface area contributed by atoms with E-state index in [4.69, 9.17) is 9.47 Å². The molecule has 2 aromatic carbocycles. The van der Waals surface area contributed by atoms with Crippen molar-refractivity contribution in [1.82, 2.24) is 9.88 Å². The van der Waals surface area contributed by atoms with E-state index in [1.54, 1.807) is 37.4 Å². The molecule has 0 unspecified atom stereocenters. The number of carboxylic acid groups (broad SMARTS) is 1. The maximum Gasteiger partial charge on any atom is 0.305 e. The molecule has 0 bridgehead atoms. The van der Waals surface area contributed by atoms with E-state index in [9.17, 15) is 28.3 Å². The number of hydrogen-bond donors (Lipinski definition) is 2. The lowest BCUT2D eigenvalue weighted by Gasteiger charge is -2.25. The maximum absolute atomic E-state index is 14.4. The summed E-state index contributed by atoms with van der Waals surface area (Å²) >= 11 is 0. The van der Waals surface area contributed by atoms with E-state index in [0.29, 0.717) is 48.7 Å². The molecular formula is C32H38F2N2O6. The molecule has 1 aromatic heterocycles. The summed E-state index contributed by atoms with van der Waals surface area (Å²) in [6.07, 6.45) is 2.50. The largest absolute Gasteiger partial charge is 0.490 e. The summed E-state index contributed by atoms with van der Waals surface area (Å²) in [7, 11) is 0. The summed E-state index contributed by atoms with van der Waals surface area (Å²) in [5.41, 5.74) is 0.491. The molecular weight excluding hydrogens is 546 g/mol. The first kappa shape index (κ1) is 32.3. The minimum Gasteiger partial charge on any atom is -0.490 e. The topological polar surface area (TPSA) is 107 Å². The van der Waals surface area contributed by atoms with Crippen LogP contribution in [0.15, 0.2) is 53.5 Å². The summed E-state index contributed by atoms with van der Waals surface area (Å²) in [5.74, 6) is -2.28. The molecule has 0 aliphatic heterocycles. The highest BCUT2D eigenvalue weighted by molar-refractivity contribution is 5.81. The Balaban J connectivity index is 2.01. The van der Waals surface area contributed by atoms with E-state index in [1.807, 2.05) is 20.8 Å². The summed E-state index contributed by atoms with van der Waals surface area (Å²) in [4.78, 5) is 39.2. The van der Waals surface area contributed by atoms with Crippen molar-refractivity contribution >= 4 is 11.9 Å². The number of hydrogen-bond acceptors (Lipinski definition) is 5. The molecule has 226 valence electrons. The monoisotopic (exact) mass is 584 g/mol. The second-order valence-corrected chi connectivity index (χ2v) is 10.0. The first-order valence-electron chi connectivity index (χ1n) is 14.2. The SMILES string of the molecule is CCCC[C@H](C(=O)N[C@@H](CC(=O)O)c1ccc(OCC)c(OCC)c1)n1cc(C)cc(Cc2c(F)cccc2F)c1=O. The van der Waals surface area contributed by atoms with Gasteiger partial charge in [-0.25, -0.2) is 8.78 Å². The lowest BCUT2D eigenvalue weighted by Crippen LogP contribution is -2.40. The lowest BCUT2D eigenvalue weighted by molar-refractivity contribution is -0.138. The highest BCUT2D eigenvalue weighted by Crippen LogP contribution is 2.32. The number of rotatable bonds is 15. The number of pyridine rings is 1. The Morgan fingerprint density at radius 2 is 1.67 bits per heavy atom. The van der Waals surface area contributed by atoms with Gasteiger partial charge in [0, 0.05) is 23.7 Å². The number of ether oxygens (including phenoxy) is 2. The maximum atomic E-state index is 14.4. The van der Waals surface area contributed by atoms with Gasteiger partial charge >= 0.3 is 5.97 Å². The number of aromatic nitrogens is 1. The average molecular weight is 585 g/mol. The predicted molar refractivity (Wildman–Crippen MR) is 155 cm³/mol. The molecule has 1 heterocycles. The second kappa shape index (κ2) is 15.1. The third-order valence-electron chi connectivity index (χ3n) is 6.82. The third-order valence-corrected chi connectivity index (χ3v) is 6.82. The normalized spacial score (nSPS) is 12.4. The number of amides is 1. The molecule has 3 rings (SSSR count). The van der Waals surface area contributed by atoms with Crippen molar-refractivity contribution in [1.29, 1.82) is 0 Å². The molecule has 0 spiro atoms. The minimum atomic E-state index is -1.13. The second-order valence-electron chi connectivity index (χ2n) is 10.0. The number of carboxylic acids is 1. The van der Waals surface area contributed by atoms with Crippen molar-refractivity contribution in [2.45, 2.75) is 71.9 Å². The van der Waals surface area contributed by atoms with Crippen molar-refractivity contribution in [2.75, 3.05) is 13.2 Å². The molecule has 1 amide bonds. The van der Waals surface area contributed by atoms with Gasteiger partial charge in [0.1, 0.15) is 17.7 Å². The fourth-order valence-electron chi connectivity index (χ4n) is 4.84. The van der Waals surface area contributed by atoms with Crippen molar-refractivity contribution in [3.8, 4) is 11.5 Å². The lowest BCUT2D eigenvalue weighted by atomic mass is 10.0. The zero-order chi connectivity index (χ0) is 30.8. The number of nitrogens with zero attached hydrogens (tertiary/aromatic N) is 1. The number of aryl methyl sites for hydroxylation is 1. The van der Waals surface area contributed by atoms with Crippen LogP contribution in [0.4, 0.5) is 8.78 Å². The van der Waals surface area contributed by atoms with Crippen molar-refractivity contribution in [2.24, 2.45) is 0 Å². The molecule has 42 heavy (non-hydrogen) atoms. The smallest absolute Gasteiger partial charge is 0.305 e. The quantitative estimate of drug-likeness (QED) is 0.231. The molecule has 0 saturated carbocycles. The molecule has 0 radical (unpaired) electrons. The van der Waals surface area contributed by atoms with Crippen molar-refractivity contribution in [3.63, 3.8) is 0 Å². The highest BCUT2D eigenvalue weighted by Gasteiger charge is 2.27. The first-order chi connectivity index (χ1) is 20.1. The minimum absolute atomic E-state index is 0.142. The Labute approximate surface area is 244 Å². The summed E-state index contributed by atoms with van der Waals surface area (Å²) < 4.78 is 41.4. The number of carbonyl (C=O) groups excluding carboxylic acids is 1. The van der Waals surface area contributed by atoms with Gasteiger partial charge < -0.3 is 24.5 Å². The van der Waals surface area contributed by atoms with Crippen LogP contribution in [0.5, 0.6) is 11.5 Å². The number of aliphatic carboxylic acids is 1. The fraction of sp³-hybridized carbons (Fsp3) is 0.406. The number of halogens is 2. The molecule has 0 fully saturated rings. The van der Waals surface area contributed by atoms with Crippen LogP contribution in [0.2, 0.25) is 0 Å². The molecule has 0 aliphatic carbocycles. The van der Waals surface area contributed by atoms with Gasteiger partial charge in [0.15, 0.2) is 11.5 Å². The van der Waals surface area contributed by atoms with Crippen molar-refractivity contribution in [3.05, 3.63) is 92.9 Å². The number of benzene rings is 2. The van der Waals surface area contributed by atoms with Crippen LogP contribution in [0.3, 0.4) is 0 Å². The van der Waals surface area contributed by atoms with Crippen LogP contribution >= 0.6 is 0 Å². The van der Waals surface area contributed by atoms with Gasteiger partial charge in [-0.1, -0.05) is 31.9 Å². The summed E-state index contributed by atoms with van der Waals surface area (Å²) in [5, 5.41) is 12.5. The zero-order valence-electron chi connectivity index (χ0n) is 24.4. The van der Waals surface area contributed by atoms with Crippen LogP contribution in [-0.2, 0) is 16.0 Å². The molecule has 10 heteroatoms. The number of nitrogens with one attached hydrogen (secondary N) is 1. The molecule has 0 aliphatic rings. The van der Waals surface area contributed by atoms with Crippen LogP contribution in [0.25, 0.3) is 0 Å². The molecule has 8 nitrogen and oxygen atoms in total. The Hall–Kier alpha value is -4.21. The van der Waals surface area contributed by atoms with E-state index >= 15 is 0 Å². The Morgan fingerprint density at radius 1 is 1.00 bits per heavy atom. The Kier molecular flexibility index (Phi) is 11.6. The Bertz CT molecular complexity index is 1440.